The molecule has 1 fully saturated rings. The SMILES string of the molecule is CCNC(CCN1CCCCC1)C(C)(C)C. The second-order valence-corrected chi connectivity index (χ2v) is 6.17. The zero-order valence-electron chi connectivity index (χ0n) is 11.7. The van der Waals surface area contributed by atoms with Crippen molar-refractivity contribution >= 4 is 0 Å². The monoisotopic (exact) mass is 226 g/mol. The molecule has 0 radical (unpaired) electrons. The third-order valence-corrected chi connectivity index (χ3v) is 3.68. The first kappa shape index (κ1) is 14.0. The lowest BCUT2D eigenvalue weighted by Crippen LogP contribution is -2.43. The van der Waals surface area contributed by atoms with Crippen molar-refractivity contribution in [3.05, 3.63) is 0 Å². The number of rotatable bonds is 5. The van der Waals surface area contributed by atoms with E-state index in [1.165, 1.54) is 45.3 Å². The van der Waals surface area contributed by atoms with E-state index in [9.17, 15) is 0 Å². The van der Waals surface area contributed by atoms with Crippen molar-refractivity contribution in [2.24, 2.45) is 5.41 Å². The predicted octanol–water partition coefficient (Wildman–Crippen LogP) is 2.89. The fourth-order valence-electron chi connectivity index (χ4n) is 2.58. The van der Waals surface area contributed by atoms with Crippen LogP contribution in [0.5, 0.6) is 0 Å². The molecular weight excluding hydrogens is 196 g/mol. The molecule has 0 aliphatic carbocycles. The van der Waals surface area contributed by atoms with Gasteiger partial charge in [0.25, 0.3) is 0 Å². The maximum absolute atomic E-state index is 3.64. The van der Waals surface area contributed by atoms with Crippen molar-refractivity contribution in [1.29, 1.82) is 0 Å². The Morgan fingerprint density at radius 1 is 1.12 bits per heavy atom. The van der Waals surface area contributed by atoms with Gasteiger partial charge in [-0.2, -0.15) is 0 Å². The van der Waals surface area contributed by atoms with Crippen molar-refractivity contribution in [2.45, 2.75) is 59.4 Å². The van der Waals surface area contributed by atoms with Crippen molar-refractivity contribution in [2.75, 3.05) is 26.2 Å². The van der Waals surface area contributed by atoms with E-state index in [-0.39, 0.29) is 0 Å². The van der Waals surface area contributed by atoms with Gasteiger partial charge in [0.15, 0.2) is 0 Å². The third-order valence-electron chi connectivity index (χ3n) is 3.68. The summed E-state index contributed by atoms with van der Waals surface area (Å²) in [4.78, 5) is 2.64. The Morgan fingerprint density at radius 2 is 1.75 bits per heavy atom. The summed E-state index contributed by atoms with van der Waals surface area (Å²) in [7, 11) is 0. The van der Waals surface area contributed by atoms with E-state index in [4.69, 9.17) is 0 Å². The Hall–Kier alpha value is -0.0800. The van der Waals surface area contributed by atoms with Crippen LogP contribution in [0.15, 0.2) is 0 Å². The van der Waals surface area contributed by atoms with E-state index >= 15 is 0 Å². The summed E-state index contributed by atoms with van der Waals surface area (Å²) >= 11 is 0. The van der Waals surface area contributed by atoms with Gasteiger partial charge in [0.2, 0.25) is 0 Å². The minimum Gasteiger partial charge on any atom is -0.314 e. The molecule has 96 valence electrons. The second kappa shape index (κ2) is 6.61. The molecule has 0 aromatic rings. The van der Waals surface area contributed by atoms with Crippen LogP contribution < -0.4 is 5.32 Å². The number of hydrogen-bond donors (Lipinski definition) is 1. The molecule has 1 aliphatic heterocycles. The van der Waals surface area contributed by atoms with Crippen LogP contribution >= 0.6 is 0 Å². The maximum atomic E-state index is 3.64. The molecular formula is C14H30N2. The molecule has 1 atom stereocenters. The third kappa shape index (κ3) is 4.84. The van der Waals surface area contributed by atoms with Crippen molar-refractivity contribution in [3.8, 4) is 0 Å². The minimum atomic E-state index is 0.381. The number of nitrogens with zero attached hydrogens (tertiary/aromatic N) is 1. The van der Waals surface area contributed by atoms with Crippen LogP contribution in [-0.4, -0.2) is 37.1 Å². The molecule has 1 N–H and O–H groups in total. The van der Waals surface area contributed by atoms with Gasteiger partial charge >= 0.3 is 0 Å². The molecule has 0 aromatic heterocycles. The summed E-state index contributed by atoms with van der Waals surface area (Å²) in [5.41, 5.74) is 0.381. The minimum absolute atomic E-state index is 0.381. The summed E-state index contributed by atoms with van der Waals surface area (Å²) in [6.07, 6.45) is 5.53. The molecule has 1 heterocycles. The van der Waals surface area contributed by atoms with Crippen LogP contribution in [0.3, 0.4) is 0 Å². The lowest BCUT2D eigenvalue weighted by Gasteiger charge is -2.34. The molecule has 0 bridgehead atoms. The van der Waals surface area contributed by atoms with Gasteiger partial charge in [0.1, 0.15) is 0 Å². The van der Waals surface area contributed by atoms with Crippen molar-refractivity contribution in [1.82, 2.24) is 10.2 Å². The summed E-state index contributed by atoms with van der Waals surface area (Å²) in [6.45, 7) is 14.2. The molecule has 1 rings (SSSR count). The summed E-state index contributed by atoms with van der Waals surface area (Å²) < 4.78 is 0. The van der Waals surface area contributed by atoms with Gasteiger partial charge in [0.05, 0.1) is 0 Å². The number of nitrogens with one attached hydrogen (secondary N) is 1. The Bertz CT molecular complexity index is 178. The quantitative estimate of drug-likeness (QED) is 0.775. The van der Waals surface area contributed by atoms with Gasteiger partial charge in [-0.3, -0.25) is 0 Å². The van der Waals surface area contributed by atoms with E-state index in [0.29, 0.717) is 11.5 Å². The van der Waals surface area contributed by atoms with Gasteiger partial charge in [-0.25, -0.2) is 0 Å². The molecule has 0 aromatic carbocycles. The summed E-state index contributed by atoms with van der Waals surface area (Å²) in [6, 6.07) is 0.652. The van der Waals surface area contributed by atoms with Crippen LogP contribution in [-0.2, 0) is 0 Å². The van der Waals surface area contributed by atoms with Crippen LogP contribution in [0.2, 0.25) is 0 Å². The first-order valence-electron chi connectivity index (χ1n) is 6.99. The molecule has 1 saturated heterocycles. The number of hydrogen-bond acceptors (Lipinski definition) is 2. The Labute approximate surface area is 102 Å². The molecule has 0 spiro atoms. The van der Waals surface area contributed by atoms with Crippen LogP contribution in [0.1, 0.15) is 53.4 Å². The fraction of sp³-hybridized carbons (Fsp3) is 1.00. The van der Waals surface area contributed by atoms with Gasteiger partial charge in [-0.15, -0.1) is 0 Å². The lowest BCUT2D eigenvalue weighted by atomic mass is 9.84. The van der Waals surface area contributed by atoms with Crippen LogP contribution in [0.25, 0.3) is 0 Å². The summed E-state index contributed by atoms with van der Waals surface area (Å²) in [5, 5.41) is 3.64. The number of likely N-dealkylation sites (tertiary alicyclic amines) is 1. The van der Waals surface area contributed by atoms with Gasteiger partial charge in [-0.1, -0.05) is 34.1 Å². The molecule has 1 aliphatic rings. The van der Waals surface area contributed by atoms with Gasteiger partial charge in [-0.05, 0) is 50.9 Å². The molecule has 2 heteroatoms. The predicted molar refractivity (Wildman–Crippen MR) is 71.8 cm³/mol. The van der Waals surface area contributed by atoms with Crippen molar-refractivity contribution < 1.29 is 0 Å². The average Bonchev–Trinajstić information content (AvgIpc) is 2.24. The molecule has 2 nitrogen and oxygen atoms in total. The standard InChI is InChI=1S/C14H30N2/c1-5-15-13(14(2,3)4)9-12-16-10-7-6-8-11-16/h13,15H,5-12H2,1-4H3. The highest BCUT2D eigenvalue weighted by Gasteiger charge is 2.24. The normalized spacial score (nSPS) is 21.0. The molecule has 0 amide bonds. The highest BCUT2D eigenvalue weighted by molar-refractivity contribution is 4.81. The van der Waals surface area contributed by atoms with Crippen LogP contribution in [0, 0.1) is 5.41 Å². The van der Waals surface area contributed by atoms with E-state index in [1.807, 2.05) is 0 Å². The smallest absolute Gasteiger partial charge is 0.0128 e. The Kier molecular flexibility index (Phi) is 5.77. The van der Waals surface area contributed by atoms with E-state index < -0.39 is 0 Å². The Balaban J connectivity index is 2.31. The average molecular weight is 226 g/mol. The first-order valence-corrected chi connectivity index (χ1v) is 6.99. The highest BCUT2D eigenvalue weighted by atomic mass is 15.1. The fourth-order valence-corrected chi connectivity index (χ4v) is 2.58. The van der Waals surface area contributed by atoms with Crippen LogP contribution in [0.4, 0.5) is 0 Å². The Morgan fingerprint density at radius 3 is 2.25 bits per heavy atom. The van der Waals surface area contributed by atoms with E-state index in [1.54, 1.807) is 0 Å². The van der Waals surface area contributed by atoms with Gasteiger partial charge < -0.3 is 10.2 Å². The highest BCUT2D eigenvalue weighted by Crippen LogP contribution is 2.22. The topological polar surface area (TPSA) is 15.3 Å². The molecule has 0 saturated carbocycles. The largest absolute Gasteiger partial charge is 0.314 e. The first-order chi connectivity index (χ1) is 7.54. The maximum Gasteiger partial charge on any atom is 0.0128 e. The van der Waals surface area contributed by atoms with Gasteiger partial charge in [0, 0.05) is 6.04 Å². The van der Waals surface area contributed by atoms with E-state index in [2.05, 4.69) is 37.9 Å². The zero-order chi connectivity index (χ0) is 12.0. The van der Waals surface area contributed by atoms with E-state index in [0.717, 1.165) is 6.54 Å². The molecule has 16 heavy (non-hydrogen) atoms. The second-order valence-electron chi connectivity index (χ2n) is 6.17. The summed E-state index contributed by atoms with van der Waals surface area (Å²) in [5.74, 6) is 0. The molecule has 1 unspecified atom stereocenters. The lowest BCUT2D eigenvalue weighted by molar-refractivity contribution is 0.185. The van der Waals surface area contributed by atoms with Crippen molar-refractivity contribution in [3.63, 3.8) is 0 Å². The zero-order valence-corrected chi connectivity index (χ0v) is 11.7. The number of piperidine rings is 1.